The first-order valence-corrected chi connectivity index (χ1v) is 12.2. The number of fused-ring (bicyclic) bond motifs is 2. The summed E-state index contributed by atoms with van der Waals surface area (Å²) in [5.41, 5.74) is 1.50. The summed E-state index contributed by atoms with van der Waals surface area (Å²) in [4.78, 5) is 4.51. The molecular formula is C24H26F4N4OS. The summed E-state index contributed by atoms with van der Waals surface area (Å²) in [5.74, 6) is 0.695. The topological polar surface area (TPSA) is 52.2 Å². The molecule has 10 heteroatoms. The maximum atomic E-state index is 14.6. The Hall–Kier alpha value is -2.75. The number of alkyl halides is 4. The molecule has 0 radical (unpaired) electrons. The molecule has 4 rings (SSSR count). The number of rotatable bonds is 4. The highest BCUT2D eigenvalue weighted by molar-refractivity contribution is 7.85. The smallest absolute Gasteiger partial charge is 0.302 e. The third kappa shape index (κ3) is 3.37. The number of hydrogen-bond acceptors (Lipinski definition) is 3. The number of imidazole rings is 1. The van der Waals surface area contributed by atoms with Crippen molar-refractivity contribution in [2.75, 3.05) is 5.75 Å². The van der Waals surface area contributed by atoms with Gasteiger partial charge in [0.1, 0.15) is 10.7 Å². The minimum atomic E-state index is -5.06. The third-order valence-corrected chi connectivity index (χ3v) is 8.19. The molecule has 4 aromatic rings. The highest BCUT2D eigenvalue weighted by Crippen LogP contribution is 2.42. The number of halogens is 4. The lowest BCUT2D eigenvalue weighted by Gasteiger charge is -2.23. The van der Waals surface area contributed by atoms with Crippen LogP contribution in [-0.2, 0) is 16.5 Å². The quantitative estimate of drug-likeness (QED) is 0.323. The second-order valence-corrected chi connectivity index (χ2v) is 10.4. The maximum absolute atomic E-state index is 14.6. The normalized spacial score (nSPS) is 15.3. The molecule has 0 aliphatic heterocycles. The number of nitrogens with zero attached hydrogens (tertiary/aromatic N) is 4. The van der Waals surface area contributed by atoms with E-state index in [1.807, 2.05) is 34.6 Å². The van der Waals surface area contributed by atoms with Crippen molar-refractivity contribution in [3.05, 3.63) is 51.8 Å². The summed E-state index contributed by atoms with van der Waals surface area (Å²) in [6, 6.07) is 2.19. The molecule has 2 atom stereocenters. The fourth-order valence-electron chi connectivity index (χ4n) is 4.23. The number of hydrogen-bond donors (Lipinski definition) is 0. The van der Waals surface area contributed by atoms with Gasteiger partial charge in [-0.1, -0.05) is 6.92 Å². The summed E-state index contributed by atoms with van der Waals surface area (Å²) >= 11 is 0. The van der Waals surface area contributed by atoms with E-state index in [4.69, 9.17) is 5.10 Å². The van der Waals surface area contributed by atoms with E-state index in [2.05, 4.69) is 4.98 Å². The number of benzene rings is 1. The molecule has 3 heterocycles. The molecule has 182 valence electrons. The van der Waals surface area contributed by atoms with Crippen LogP contribution in [0.4, 0.5) is 17.6 Å². The first-order chi connectivity index (χ1) is 15.7. The van der Waals surface area contributed by atoms with E-state index < -0.39 is 28.2 Å². The van der Waals surface area contributed by atoms with Gasteiger partial charge >= 0.3 is 6.18 Å². The van der Waals surface area contributed by atoms with Crippen LogP contribution in [0.3, 0.4) is 0 Å². The molecule has 0 bridgehead atoms. The maximum Gasteiger partial charge on any atom is 0.426 e. The van der Waals surface area contributed by atoms with Gasteiger partial charge in [0.15, 0.2) is 5.82 Å². The molecule has 0 N–H and O–H groups in total. The van der Waals surface area contributed by atoms with Gasteiger partial charge in [-0.3, -0.25) is 4.21 Å². The van der Waals surface area contributed by atoms with Gasteiger partial charge in [0.2, 0.25) is 5.67 Å². The molecule has 2 unspecified atom stereocenters. The minimum Gasteiger partial charge on any atom is -0.302 e. The van der Waals surface area contributed by atoms with Gasteiger partial charge < -0.3 is 4.40 Å². The highest BCUT2D eigenvalue weighted by Gasteiger charge is 2.53. The van der Waals surface area contributed by atoms with Gasteiger partial charge in [0, 0.05) is 22.9 Å². The van der Waals surface area contributed by atoms with Crippen LogP contribution >= 0.6 is 0 Å². The van der Waals surface area contributed by atoms with Crippen molar-refractivity contribution in [2.45, 2.75) is 65.3 Å². The van der Waals surface area contributed by atoms with Crippen molar-refractivity contribution in [3.63, 3.8) is 0 Å². The molecular weight excluding hydrogens is 468 g/mol. The molecule has 3 aromatic heterocycles. The monoisotopic (exact) mass is 494 g/mol. The number of aryl methyl sites for hydroxylation is 3. The Bertz CT molecular complexity index is 1480. The third-order valence-electron chi connectivity index (χ3n) is 6.85. The highest BCUT2D eigenvalue weighted by atomic mass is 32.2. The SMILES string of the molecule is CCS(=O)c1c2c(C)c(C)c(C)c(C)c2nn1-c1nc2cc(C(C)(F)C(F)(F)F)ccn2c1C. The molecule has 0 spiro atoms. The van der Waals surface area contributed by atoms with Crippen LogP contribution in [0.5, 0.6) is 0 Å². The van der Waals surface area contributed by atoms with Crippen LogP contribution in [0.1, 0.15) is 47.4 Å². The van der Waals surface area contributed by atoms with Crippen molar-refractivity contribution in [1.82, 2.24) is 19.2 Å². The first kappa shape index (κ1) is 24.4. The number of pyridine rings is 1. The predicted octanol–water partition coefficient (Wildman–Crippen LogP) is 6.09. The molecule has 5 nitrogen and oxygen atoms in total. The second-order valence-electron chi connectivity index (χ2n) is 8.74. The van der Waals surface area contributed by atoms with Crippen LogP contribution in [0.25, 0.3) is 22.4 Å². The first-order valence-electron chi connectivity index (χ1n) is 10.8. The summed E-state index contributed by atoms with van der Waals surface area (Å²) in [6.07, 6.45) is -3.70. The Labute approximate surface area is 197 Å². The van der Waals surface area contributed by atoms with E-state index >= 15 is 0 Å². The van der Waals surface area contributed by atoms with Gasteiger partial charge in [-0.05, 0) is 75.9 Å². The lowest BCUT2D eigenvalue weighted by Crippen LogP contribution is -2.35. The Morgan fingerprint density at radius 2 is 1.62 bits per heavy atom. The molecule has 0 saturated carbocycles. The molecule has 34 heavy (non-hydrogen) atoms. The Balaban J connectivity index is 2.05. The molecule has 0 amide bonds. The zero-order valence-corrected chi connectivity index (χ0v) is 20.9. The van der Waals surface area contributed by atoms with E-state index in [0.29, 0.717) is 34.7 Å². The predicted molar refractivity (Wildman–Crippen MR) is 125 cm³/mol. The largest absolute Gasteiger partial charge is 0.426 e. The molecule has 0 aliphatic rings. The zero-order valence-electron chi connectivity index (χ0n) is 20.1. The Morgan fingerprint density at radius 1 is 1.00 bits per heavy atom. The molecule has 0 aliphatic carbocycles. The fourth-order valence-corrected chi connectivity index (χ4v) is 5.30. The van der Waals surface area contributed by atoms with Crippen molar-refractivity contribution in [3.8, 4) is 5.82 Å². The van der Waals surface area contributed by atoms with Crippen LogP contribution in [-0.4, -0.2) is 35.3 Å². The van der Waals surface area contributed by atoms with Gasteiger partial charge in [-0.15, -0.1) is 0 Å². The van der Waals surface area contributed by atoms with E-state index in [1.165, 1.54) is 10.9 Å². The van der Waals surface area contributed by atoms with E-state index in [-0.39, 0.29) is 5.65 Å². The second kappa shape index (κ2) is 7.90. The number of aromatic nitrogens is 4. The van der Waals surface area contributed by atoms with Crippen LogP contribution in [0, 0.1) is 34.6 Å². The average Bonchev–Trinajstić information content (AvgIpc) is 3.33. The fraction of sp³-hybridized carbons (Fsp3) is 0.417. The van der Waals surface area contributed by atoms with Crippen molar-refractivity contribution in [2.24, 2.45) is 0 Å². The van der Waals surface area contributed by atoms with Crippen LogP contribution in [0.2, 0.25) is 0 Å². The van der Waals surface area contributed by atoms with Crippen molar-refractivity contribution in [1.29, 1.82) is 0 Å². The Kier molecular flexibility index (Phi) is 5.66. The van der Waals surface area contributed by atoms with Crippen LogP contribution in [0.15, 0.2) is 23.4 Å². The van der Waals surface area contributed by atoms with Gasteiger partial charge in [0.05, 0.1) is 22.0 Å². The minimum absolute atomic E-state index is 0.145. The van der Waals surface area contributed by atoms with Crippen molar-refractivity contribution >= 4 is 27.3 Å². The molecule has 0 saturated heterocycles. The van der Waals surface area contributed by atoms with Crippen LogP contribution < -0.4 is 0 Å². The van der Waals surface area contributed by atoms with Gasteiger partial charge in [-0.2, -0.15) is 18.3 Å². The summed E-state index contributed by atoms with van der Waals surface area (Å²) in [6.45, 7) is 12.0. The van der Waals surface area contributed by atoms with Crippen molar-refractivity contribution < 1.29 is 21.8 Å². The summed E-state index contributed by atoms with van der Waals surface area (Å²) in [5, 5.41) is 6.07. The average molecular weight is 495 g/mol. The van der Waals surface area contributed by atoms with Gasteiger partial charge in [-0.25, -0.2) is 14.1 Å². The Morgan fingerprint density at radius 3 is 2.21 bits per heavy atom. The lowest BCUT2D eigenvalue weighted by atomic mass is 9.96. The summed E-state index contributed by atoms with van der Waals surface area (Å²) < 4.78 is 70.7. The zero-order chi connectivity index (χ0) is 25.3. The summed E-state index contributed by atoms with van der Waals surface area (Å²) in [7, 11) is -1.40. The molecule has 0 fully saturated rings. The lowest BCUT2D eigenvalue weighted by molar-refractivity contribution is -0.228. The van der Waals surface area contributed by atoms with E-state index in [9.17, 15) is 21.8 Å². The van der Waals surface area contributed by atoms with Gasteiger partial charge in [0.25, 0.3) is 0 Å². The van der Waals surface area contributed by atoms with E-state index in [0.717, 1.165) is 39.8 Å². The molecule has 1 aromatic carbocycles. The van der Waals surface area contributed by atoms with E-state index in [1.54, 1.807) is 11.3 Å². The standard InChI is InChI=1S/C24H26F4N4OS/c1-8-34(33)22-19-14(4)12(2)13(3)15(5)20(19)30-32(22)21-16(6)31-10-9-17(11-18(31)29-21)23(7,25)24(26,27)28/h9-11H,8H2,1-7H3.